The number of halogens is 4. The third-order valence-electron chi connectivity index (χ3n) is 4.32. The van der Waals surface area contributed by atoms with Crippen LogP contribution in [0.4, 0.5) is 17.6 Å². The molecule has 1 nitrogen and oxygen atoms in total. The fraction of sp³-hybridized carbons (Fsp3) is 0.100. The van der Waals surface area contributed by atoms with Gasteiger partial charge in [0.25, 0.3) is 0 Å². The van der Waals surface area contributed by atoms with Crippen molar-refractivity contribution < 1.29 is 22.3 Å². The Bertz CT molecular complexity index is 1010. The first-order chi connectivity index (χ1) is 12.0. The number of ether oxygens (including phenoxy) is 1. The van der Waals surface area contributed by atoms with Crippen LogP contribution >= 0.6 is 0 Å². The van der Waals surface area contributed by atoms with Crippen LogP contribution in [-0.4, -0.2) is 6.61 Å². The van der Waals surface area contributed by atoms with Crippen LogP contribution in [0.3, 0.4) is 0 Å². The van der Waals surface area contributed by atoms with Gasteiger partial charge in [-0.2, -0.15) is 0 Å². The van der Waals surface area contributed by atoms with E-state index in [4.69, 9.17) is 4.74 Å². The Morgan fingerprint density at radius 1 is 0.720 bits per heavy atom. The fourth-order valence-corrected chi connectivity index (χ4v) is 3.19. The molecule has 3 aromatic rings. The smallest absolute Gasteiger partial charge is 0.173 e. The first-order valence-electron chi connectivity index (χ1n) is 7.77. The van der Waals surface area contributed by atoms with E-state index < -0.39 is 23.3 Å². The lowest BCUT2D eigenvalue weighted by Crippen LogP contribution is -2.09. The molecule has 0 atom stereocenters. The van der Waals surface area contributed by atoms with Gasteiger partial charge in [0, 0.05) is 22.3 Å². The highest BCUT2D eigenvalue weighted by molar-refractivity contribution is 6.05. The molecular weight excluding hydrogens is 332 g/mol. The first-order valence-corrected chi connectivity index (χ1v) is 7.77. The number of fused-ring (bicyclic) bond motifs is 4. The quantitative estimate of drug-likeness (QED) is 0.417. The zero-order valence-corrected chi connectivity index (χ0v) is 13.2. The zero-order chi connectivity index (χ0) is 17.7. The summed E-state index contributed by atoms with van der Waals surface area (Å²) in [6, 6.07) is 9.95. The molecule has 0 aliphatic heterocycles. The van der Waals surface area contributed by atoms with Gasteiger partial charge in [0.1, 0.15) is 5.82 Å². The largest absolute Gasteiger partial charge is 0.491 e. The summed E-state index contributed by atoms with van der Waals surface area (Å²) in [6.45, 7) is 1.96. The Labute approximate surface area is 141 Å². The lowest BCUT2D eigenvalue weighted by atomic mass is 9.78. The second kappa shape index (κ2) is 5.62. The van der Waals surface area contributed by atoms with Gasteiger partial charge in [0.05, 0.1) is 6.61 Å². The Kier molecular flexibility index (Phi) is 3.53. The standard InChI is InChI=1S/C20H12F4O/c1-2-25-15-8-7-11-12-9-13(10-5-3-4-6-14(10)21)18(22)20(24)17(12)16(11)19(15)23/h3-9H,2H2,1H3. The van der Waals surface area contributed by atoms with Crippen LogP contribution in [0.25, 0.3) is 33.4 Å². The monoisotopic (exact) mass is 344 g/mol. The van der Waals surface area contributed by atoms with E-state index in [0.29, 0.717) is 11.1 Å². The van der Waals surface area contributed by atoms with Crippen molar-refractivity contribution in [2.75, 3.05) is 6.61 Å². The van der Waals surface area contributed by atoms with E-state index in [9.17, 15) is 17.6 Å². The molecule has 0 saturated heterocycles. The SMILES string of the molecule is CCOc1ccc2c(c1F)-c1c-2cc(-c2ccccc2F)c(F)c1F. The Balaban J connectivity index is 1.92. The zero-order valence-electron chi connectivity index (χ0n) is 13.2. The summed E-state index contributed by atoms with van der Waals surface area (Å²) < 4.78 is 62.7. The first kappa shape index (κ1) is 15.7. The second-order valence-electron chi connectivity index (χ2n) is 5.69. The molecule has 0 spiro atoms. The molecule has 126 valence electrons. The summed E-state index contributed by atoms with van der Waals surface area (Å²) in [4.78, 5) is 0. The minimum Gasteiger partial charge on any atom is -0.491 e. The van der Waals surface area contributed by atoms with Gasteiger partial charge in [0.15, 0.2) is 23.2 Å². The maximum Gasteiger partial charge on any atom is 0.173 e. The van der Waals surface area contributed by atoms with Crippen LogP contribution in [0.5, 0.6) is 5.75 Å². The van der Waals surface area contributed by atoms with Gasteiger partial charge in [-0.15, -0.1) is 0 Å². The topological polar surface area (TPSA) is 9.23 Å². The van der Waals surface area contributed by atoms with Crippen molar-refractivity contribution in [1.29, 1.82) is 0 Å². The number of hydrogen-bond donors (Lipinski definition) is 0. The van der Waals surface area contributed by atoms with Gasteiger partial charge < -0.3 is 4.74 Å². The van der Waals surface area contributed by atoms with E-state index in [1.165, 1.54) is 36.4 Å². The highest BCUT2D eigenvalue weighted by Gasteiger charge is 2.34. The minimum atomic E-state index is -1.20. The predicted molar refractivity (Wildman–Crippen MR) is 87.3 cm³/mol. The van der Waals surface area contributed by atoms with E-state index in [1.54, 1.807) is 13.0 Å². The van der Waals surface area contributed by atoms with Crippen molar-refractivity contribution in [3.8, 4) is 39.1 Å². The summed E-state index contributed by atoms with van der Waals surface area (Å²) in [5.74, 6) is -3.77. The minimum absolute atomic E-state index is 0.00238. The van der Waals surface area contributed by atoms with E-state index in [0.717, 1.165) is 0 Å². The van der Waals surface area contributed by atoms with Crippen molar-refractivity contribution in [3.63, 3.8) is 0 Å². The molecule has 0 aromatic heterocycles. The summed E-state index contributed by atoms with van der Waals surface area (Å²) in [5.41, 5.74) is 0.446. The molecule has 5 heteroatoms. The number of hydrogen-bond acceptors (Lipinski definition) is 1. The van der Waals surface area contributed by atoms with Crippen molar-refractivity contribution >= 4 is 0 Å². The number of rotatable bonds is 3. The van der Waals surface area contributed by atoms with Gasteiger partial charge in [-0.1, -0.05) is 18.2 Å². The predicted octanol–water partition coefficient (Wildman–Crippen LogP) is 5.96. The van der Waals surface area contributed by atoms with Crippen LogP contribution in [0.15, 0.2) is 42.5 Å². The molecule has 0 heterocycles. The van der Waals surface area contributed by atoms with Crippen LogP contribution < -0.4 is 4.74 Å². The molecule has 0 bridgehead atoms. The lowest BCUT2D eigenvalue weighted by molar-refractivity contribution is 0.322. The van der Waals surface area contributed by atoms with Crippen LogP contribution in [0.2, 0.25) is 0 Å². The van der Waals surface area contributed by atoms with Crippen LogP contribution in [0.1, 0.15) is 6.92 Å². The second-order valence-corrected chi connectivity index (χ2v) is 5.69. The van der Waals surface area contributed by atoms with E-state index in [2.05, 4.69) is 0 Å². The van der Waals surface area contributed by atoms with Gasteiger partial charge >= 0.3 is 0 Å². The lowest BCUT2D eigenvalue weighted by Gasteiger charge is -2.27. The molecule has 1 aliphatic carbocycles. The average Bonchev–Trinajstić information content (AvgIpc) is 2.58. The third-order valence-corrected chi connectivity index (χ3v) is 4.32. The van der Waals surface area contributed by atoms with Gasteiger partial charge in [-0.25, -0.2) is 17.6 Å². The van der Waals surface area contributed by atoms with Crippen molar-refractivity contribution in [3.05, 3.63) is 65.7 Å². The molecule has 0 N–H and O–H groups in total. The summed E-state index contributed by atoms with van der Waals surface area (Å²) in [5, 5.41) is 0. The van der Waals surface area contributed by atoms with Crippen LogP contribution in [0, 0.1) is 23.3 Å². The van der Waals surface area contributed by atoms with E-state index in [-0.39, 0.29) is 34.6 Å². The number of benzene rings is 3. The van der Waals surface area contributed by atoms with Gasteiger partial charge in [-0.05, 0) is 42.3 Å². The molecule has 0 fully saturated rings. The summed E-state index contributed by atoms with van der Waals surface area (Å²) in [6.07, 6.45) is 0. The molecule has 0 radical (unpaired) electrons. The fourth-order valence-electron chi connectivity index (χ4n) is 3.19. The molecule has 1 aliphatic rings. The summed E-state index contributed by atoms with van der Waals surface area (Å²) in [7, 11) is 0. The Morgan fingerprint density at radius 2 is 1.44 bits per heavy atom. The van der Waals surface area contributed by atoms with Crippen LogP contribution in [-0.2, 0) is 0 Å². The molecule has 0 unspecified atom stereocenters. The highest BCUT2D eigenvalue weighted by atomic mass is 19.2. The molecule has 3 aromatic carbocycles. The average molecular weight is 344 g/mol. The molecule has 0 saturated carbocycles. The molecule has 0 amide bonds. The van der Waals surface area contributed by atoms with E-state index >= 15 is 0 Å². The Hall–Kier alpha value is -2.82. The maximum atomic E-state index is 14.6. The molecule has 25 heavy (non-hydrogen) atoms. The highest BCUT2D eigenvalue weighted by Crippen LogP contribution is 2.53. The van der Waals surface area contributed by atoms with E-state index in [1.807, 2.05) is 0 Å². The maximum absolute atomic E-state index is 14.6. The van der Waals surface area contributed by atoms with Gasteiger partial charge in [-0.3, -0.25) is 0 Å². The van der Waals surface area contributed by atoms with Gasteiger partial charge in [0.2, 0.25) is 0 Å². The summed E-state index contributed by atoms with van der Waals surface area (Å²) >= 11 is 0. The Morgan fingerprint density at radius 3 is 2.16 bits per heavy atom. The third kappa shape index (κ3) is 2.15. The molecular formula is C20H12F4O. The van der Waals surface area contributed by atoms with Crippen molar-refractivity contribution in [2.45, 2.75) is 6.92 Å². The van der Waals surface area contributed by atoms with Crippen molar-refractivity contribution in [1.82, 2.24) is 0 Å². The molecule has 4 rings (SSSR count). The van der Waals surface area contributed by atoms with Crippen molar-refractivity contribution in [2.24, 2.45) is 0 Å². The normalized spacial score (nSPS) is 11.6.